The van der Waals surface area contributed by atoms with Crippen molar-refractivity contribution < 1.29 is 37.3 Å². The minimum absolute atomic E-state index is 0.0359. The highest BCUT2D eigenvalue weighted by atomic mass is 31.2. The van der Waals surface area contributed by atoms with Crippen molar-refractivity contribution in [1.29, 1.82) is 0 Å². The molecule has 464 valence electrons. The Labute approximate surface area is 499 Å². The first-order valence-corrected chi connectivity index (χ1v) is 34.4. The fraction of sp³-hybridized carbons (Fsp3) is 0.690. The number of phosphoric ester groups is 1. The lowest BCUT2D eigenvalue weighted by Crippen LogP contribution is -2.47. The molecule has 0 rings (SSSR count). The van der Waals surface area contributed by atoms with E-state index in [1.54, 1.807) is 0 Å². The van der Waals surface area contributed by atoms with Gasteiger partial charge >= 0.3 is 5.97 Å². The highest BCUT2D eigenvalue weighted by molar-refractivity contribution is 7.45. The molecule has 0 aromatic rings. The van der Waals surface area contributed by atoms with Crippen molar-refractivity contribution in [2.24, 2.45) is 0 Å². The minimum atomic E-state index is -4.72. The zero-order valence-electron chi connectivity index (χ0n) is 52.9. The molecule has 0 aliphatic heterocycles. The van der Waals surface area contributed by atoms with Gasteiger partial charge in [0.15, 0.2) is 0 Å². The van der Waals surface area contributed by atoms with Crippen molar-refractivity contribution in [2.45, 2.75) is 277 Å². The van der Waals surface area contributed by atoms with Crippen molar-refractivity contribution in [2.75, 3.05) is 40.9 Å². The molecule has 0 aliphatic carbocycles. The third-order valence-electron chi connectivity index (χ3n) is 14.0. The number of phosphoric acid groups is 1. The molecule has 0 saturated heterocycles. The van der Waals surface area contributed by atoms with E-state index in [2.05, 4.69) is 74.7 Å². The Balaban J connectivity index is 5.11. The van der Waals surface area contributed by atoms with Gasteiger partial charge in [-0.05, 0) is 89.5 Å². The van der Waals surface area contributed by atoms with Crippen LogP contribution >= 0.6 is 7.82 Å². The van der Waals surface area contributed by atoms with Crippen molar-refractivity contribution in [3.05, 3.63) is 122 Å². The maximum absolute atomic E-state index is 13.6. The Kier molecular flexibility index (Phi) is 56.9. The molecule has 0 heterocycles. The van der Waals surface area contributed by atoms with Crippen molar-refractivity contribution in [3.8, 4) is 0 Å². The third kappa shape index (κ3) is 60.8. The van der Waals surface area contributed by atoms with Crippen LogP contribution in [-0.2, 0) is 27.9 Å². The van der Waals surface area contributed by atoms with Gasteiger partial charge in [0.05, 0.1) is 33.8 Å². The van der Waals surface area contributed by atoms with Gasteiger partial charge in [0.25, 0.3) is 7.82 Å². The van der Waals surface area contributed by atoms with Crippen LogP contribution in [0.2, 0.25) is 0 Å². The predicted molar refractivity (Wildman–Crippen MR) is 348 cm³/mol. The summed E-state index contributed by atoms with van der Waals surface area (Å²) in [5.74, 6) is -0.597. The minimum Gasteiger partial charge on any atom is -0.756 e. The van der Waals surface area contributed by atoms with Crippen molar-refractivity contribution >= 4 is 19.7 Å². The lowest BCUT2D eigenvalue weighted by atomic mass is 10.0. The zero-order valence-corrected chi connectivity index (χ0v) is 53.8. The van der Waals surface area contributed by atoms with Crippen LogP contribution in [0.5, 0.6) is 0 Å². The normalized spacial score (nSPS) is 14.4. The summed E-state index contributed by atoms with van der Waals surface area (Å²) < 4.78 is 30.3. The van der Waals surface area contributed by atoms with Crippen LogP contribution in [0.25, 0.3) is 0 Å². The average molecular weight is 1150 g/mol. The van der Waals surface area contributed by atoms with E-state index in [1.165, 1.54) is 141 Å². The highest BCUT2D eigenvalue weighted by Crippen LogP contribution is 2.38. The Bertz CT molecular complexity index is 1800. The number of rotatable bonds is 58. The van der Waals surface area contributed by atoms with Crippen LogP contribution in [0.3, 0.4) is 0 Å². The number of quaternary nitrogens is 1. The Morgan fingerprint density at radius 3 is 1.33 bits per heavy atom. The quantitative estimate of drug-likeness (QED) is 0.0161. The zero-order chi connectivity index (χ0) is 59.3. The number of amides is 1. The third-order valence-corrected chi connectivity index (χ3v) is 15.0. The summed E-state index contributed by atoms with van der Waals surface area (Å²) in [4.78, 5) is 40.0. The van der Waals surface area contributed by atoms with Crippen molar-refractivity contribution in [3.63, 3.8) is 0 Å². The van der Waals surface area contributed by atoms with E-state index in [4.69, 9.17) is 13.8 Å². The molecule has 9 nitrogen and oxygen atoms in total. The summed E-state index contributed by atoms with van der Waals surface area (Å²) in [6, 6.07) is -0.915. The standard InChI is InChI=1S/C71H123N2O7P/c1-7-10-13-16-19-22-25-27-29-31-32-33-34-35-36-37-38-39-40-42-43-45-48-51-54-57-60-63-70(74)72-68(67-79-81(76,77)78-66-65-73(4,5)6)69(62-59-56-53-50-47-24-21-18-15-12-9-3)80-71(75)64-61-58-55-52-49-46-44-41-30-28-26-23-20-17-14-11-8-2/h11,14,17,19-20,22-23,26-30,32-33,41,44,46,49,59,62,68-69H,7-10,12-13,15-16,18,21,24-25,31,34-40,42-43,45,47-48,50-58,60-61,63-67H2,1-6H3,(H-,72,74,76,77)/b14-11-,20-17+,22-19-,26-23+,29-27-,30-28-,33-32-,44-41+,49-46+,62-59-. The molecular formula is C71H123N2O7P. The summed E-state index contributed by atoms with van der Waals surface area (Å²) in [5.41, 5.74) is 0. The first kappa shape index (κ1) is 77.4. The second-order valence-corrected chi connectivity index (χ2v) is 24.4. The van der Waals surface area contributed by atoms with Crippen LogP contribution in [0.4, 0.5) is 0 Å². The number of allylic oxidation sites excluding steroid dienone is 19. The number of ether oxygens (including phenoxy) is 1. The molecule has 3 unspecified atom stereocenters. The van der Waals surface area contributed by atoms with Gasteiger partial charge in [-0.1, -0.05) is 284 Å². The van der Waals surface area contributed by atoms with E-state index in [9.17, 15) is 19.0 Å². The molecule has 0 aromatic carbocycles. The number of esters is 1. The molecule has 0 aliphatic rings. The van der Waals surface area contributed by atoms with E-state index in [0.29, 0.717) is 23.9 Å². The van der Waals surface area contributed by atoms with Gasteiger partial charge in [0.1, 0.15) is 19.3 Å². The Hall–Kier alpha value is -3.59. The molecular weight excluding hydrogens is 1020 g/mol. The van der Waals surface area contributed by atoms with Crippen LogP contribution in [0.15, 0.2) is 122 Å². The molecule has 1 amide bonds. The lowest BCUT2D eigenvalue weighted by Gasteiger charge is -2.30. The second kappa shape index (κ2) is 59.6. The summed E-state index contributed by atoms with van der Waals surface area (Å²) in [7, 11) is 1.14. The first-order valence-electron chi connectivity index (χ1n) is 32.9. The number of likely N-dealkylation sites (N-methyl/N-ethyl adjacent to an activating group) is 1. The molecule has 0 aromatic heterocycles. The maximum Gasteiger partial charge on any atom is 0.306 e. The molecule has 0 bridgehead atoms. The largest absolute Gasteiger partial charge is 0.756 e. The number of nitrogens with zero attached hydrogens (tertiary/aromatic N) is 1. The monoisotopic (exact) mass is 1150 g/mol. The summed E-state index contributed by atoms with van der Waals surface area (Å²) in [6.45, 7) is 6.63. The topological polar surface area (TPSA) is 114 Å². The molecule has 0 saturated carbocycles. The number of hydrogen-bond acceptors (Lipinski definition) is 7. The van der Waals surface area contributed by atoms with E-state index >= 15 is 0 Å². The fourth-order valence-electron chi connectivity index (χ4n) is 8.97. The number of carbonyl (C=O) groups excluding carboxylic acids is 2. The van der Waals surface area contributed by atoms with Crippen LogP contribution < -0.4 is 10.2 Å². The van der Waals surface area contributed by atoms with Gasteiger partial charge in [-0.25, -0.2) is 0 Å². The van der Waals surface area contributed by atoms with E-state index in [1.807, 2.05) is 94.1 Å². The molecule has 81 heavy (non-hydrogen) atoms. The van der Waals surface area contributed by atoms with Gasteiger partial charge in [0.2, 0.25) is 5.91 Å². The molecule has 0 radical (unpaired) electrons. The van der Waals surface area contributed by atoms with Gasteiger partial charge < -0.3 is 28.5 Å². The Morgan fingerprint density at radius 1 is 0.457 bits per heavy atom. The summed E-state index contributed by atoms with van der Waals surface area (Å²) in [6.07, 6.45) is 83.2. The molecule has 1 N–H and O–H groups in total. The van der Waals surface area contributed by atoms with Gasteiger partial charge in [-0.15, -0.1) is 0 Å². The number of hydrogen-bond donors (Lipinski definition) is 1. The van der Waals surface area contributed by atoms with Gasteiger partial charge in [0, 0.05) is 12.8 Å². The number of nitrogens with one attached hydrogen (secondary N) is 1. The second-order valence-electron chi connectivity index (χ2n) is 23.0. The van der Waals surface area contributed by atoms with Crippen LogP contribution in [-0.4, -0.2) is 69.4 Å². The number of unbranched alkanes of at least 4 members (excludes halogenated alkanes) is 29. The van der Waals surface area contributed by atoms with Gasteiger partial charge in [-0.3, -0.25) is 14.2 Å². The number of carbonyl (C=O) groups is 2. The lowest BCUT2D eigenvalue weighted by molar-refractivity contribution is -0.870. The SMILES string of the molecule is CC\C=C/C=C/C=C/C=C\C=C\C=C\CCCCCC(=O)OC(/C=C\CCCCCCCCCCC)C(COP(=O)([O-])OCC[N+](C)(C)C)NC(=O)CCCCCCCCCCCCCCCC/C=C\C/C=C\C/C=C\CCCCC. The Morgan fingerprint density at radius 2 is 0.840 bits per heavy atom. The molecule has 3 atom stereocenters. The molecule has 0 spiro atoms. The average Bonchev–Trinajstić information content (AvgIpc) is 3.43. The maximum atomic E-state index is 13.6. The highest BCUT2D eigenvalue weighted by Gasteiger charge is 2.27. The fourth-order valence-corrected chi connectivity index (χ4v) is 9.70. The van der Waals surface area contributed by atoms with E-state index in [-0.39, 0.29) is 24.9 Å². The van der Waals surface area contributed by atoms with E-state index in [0.717, 1.165) is 83.5 Å². The van der Waals surface area contributed by atoms with Crippen LogP contribution in [0, 0.1) is 0 Å². The predicted octanol–water partition coefficient (Wildman–Crippen LogP) is 20.0. The molecule has 0 fully saturated rings. The van der Waals surface area contributed by atoms with Crippen molar-refractivity contribution in [1.82, 2.24) is 5.32 Å². The van der Waals surface area contributed by atoms with E-state index < -0.39 is 26.6 Å². The first-order chi connectivity index (χ1) is 39.4. The van der Waals surface area contributed by atoms with Crippen LogP contribution in [0.1, 0.15) is 265 Å². The molecule has 10 heteroatoms. The summed E-state index contributed by atoms with van der Waals surface area (Å²) >= 11 is 0. The summed E-state index contributed by atoms with van der Waals surface area (Å²) in [5, 5.41) is 3.02. The smallest absolute Gasteiger partial charge is 0.306 e. The van der Waals surface area contributed by atoms with Gasteiger partial charge in [-0.2, -0.15) is 0 Å².